The van der Waals surface area contributed by atoms with Crippen LogP contribution in [-0.4, -0.2) is 55.4 Å². The Morgan fingerprint density at radius 3 is 2.50 bits per heavy atom. The Labute approximate surface area is 122 Å². The van der Waals surface area contributed by atoms with E-state index in [9.17, 15) is 4.79 Å². The molecule has 0 aromatic heterocycles. The van der Waals surface area contributed by atoms with E-state index in [1.165, 1.54) is 16.7 Å². The van der Waals surface area contributed by atoms with Gasteiger partial charge in [-0.05, 0) is 44.6 Å². The van der Waals surface area contributed by atoms with Crippen LogP contribution in [0.5, 0.6) is 0 Å². The fourth-order valence-corrected chi connectivity index (χ4v) is 2.98. The van der Waals surface area contributed by atoms with Gasteiger partial charge in [0.05, 0.1) is 0 Å². The summed E-state index contributed by atoms with van der Waals surface area (Å²) < 4.78 is 0. The molecule has 0 radical (unpaired) electrons. The largest absolute Gasteiger partial charge is 0.304 e. The lowest BCUT2D eigenvalue weighted by Crippen LogP contribution is -2.50. The molecule has 110 valence electrons. The fraction of sp³-hybridized carbons (Fsp3) is 0.588. The molecular formula is C17H26N2O. The second-order valence-corrected chi connectivity index (χ2v) is 6.19. The van der Waals surface area contributed by atoms with E-state index in [1.807, 2.05) is 0 Å². The van der Waals surface area contributed by atoms with Crippen molar-refractivity contribution in [2.24, 2.45) is 0 Å². The van der Waals surface area contributed by atoms with Crippen LogP contribution < -0.4 is 0 Å². The summed E-state index contributed by atoms with van der Waals surface area (Å²) in [5.41, 5.74) is 3.67. The number of ketones is 1. The minimum Gasteiger partial charge on any atom is -0.304 e. The number of hydrogen-bond donors (Lipinski definition) is 0. The number of nitrogens with zero attached hydrogens (tertiary/aromatic N) is 2. The van der Waals surface area contributed by atoms with Crippen LogP contribution in [0.3, 0.4) is 0 Å². The molecule has 0 N–H and O–H groups in total. The summed E-state index contributed by atoms with van der Waals surface area (Å²) in [6.07, 6.45) is 1.24. The Bertz CT molecular complexity index is 464. The van der Waals surface area contributed by atoms with E-state index in [2.05, 4.69) is 55.9 Å². The summed E-state index contributed by atoms with van der Waals surface area (Å²) in [5.74, 6) is 0.356. The lowest BCUT2D eigenvalue weighted by Gasteiger charge is -2.37. The molecule has 1 heterocycles. The molecule has 0 aliphatic carbocycles. The maximum Gasteiger partial charge on any atom is 0.138 e. The Balaban J connectivity index is 1.98. The lowest BCUT2D eigenvalue weighted by atomic mass is 9.95. The number of benzene rings is 1. The topological polar surface area (TPSA) is 23.6 Å². The first-order chi connectivity index (χ1) is 9.47. The molecule has 1 saturated heterocycles. The molecule has 1 aromatic carbocycles. The van der Waals surface area contributed by atoms with Crippen LogP contribution >= 0.6 is 0 Å². The number of carbonyl (C=O) groups excluding carboxylic acids is 1. The second-order valence-electron chi connectivity index (χ2n) is 6.19. The van der Waals surface area contributed by atoms with Crippen molar-refractivity contribution in [2.75, 3.05) is 33.7 Å². The number of rotatable bonds is 4. The van der Waals surface area contributed by atoms with E-state index >= 15 is 0 Å². The molecular weight excluding hydrogens is 248 g/mol. The molecule has 3 nitrogen and oxygen atoms in total. The monoisotopic (exact) mass is 274 g/mol. The van der Waals surface area contributed by atoms with Gasteiger partial charge in [-0.1, -0.05) is 18.2 Å². The smallest absolute Gasteiger partial charge is 0.138 e. The number of likely N-dealkylation sites (N-methyl/N-ethyl adjacent to an activating group) is 2. The predicted molar refractivity (Wildman–Crippen MR) is 83.2 cm³/mol. The number of hydrogen-bond acceptors (Lipinski definition) is 3. The van der Waals surface area contributed by atoms with Gasteiger partial charge in [0.1, 0.15) is 5.78 Å². The van der Waals surface area contributed by atoms with Gasteiger partial charge in [0.25, 0.3) is 0 Å². The van der Waals surface area contributed by atoms with Gasteiger partial charge in [-0.2, -0.15) is 0 Å². The molecule has 0 bridgehead atoms. The number of Topliss-reactive ketones (excluding diaryl/α,β-unsaturated/α-hetero) is 1. The van der Waals surface area contributed by atoms with Crippen molar-refractivity contribution < 1.29 is 4.79 Å². The summed E-state index contributed by atoms with van der Waals surface area (Å²) in [6, 6.07) is 6.61. The van der Waals surface area contributed by atoms with E-state index in [-0.39, 0.29) is 0 Å². The summed E-state index contributed by atoms with van der Waals surface area (Å²) in [4.78, 5) is 17.0. The molecule has 1 aromatic rings. The first kappa shape index (κ1) is 15.2. The van der Waals surface area contributed by atoms with Gasteiger partial charge < -0.3 is 9.80 Å². The molecule has 1 fully saturated rings. The first-order valence-corrected chi connectivity index (χ1v) is 7.43. The van der Waals surface area contributed by atoms with Crippen LogP contribution in [0.25, 0.3) is 0 Å². The molecule has 2 rings (SSSR count). The van der Waals surface area contributed by atoms with E-state index < -0.39 is 0 Å². The van der Waals surface area contributed by atoms with Gasteiger partial charge in [-0.3, -0.25) is 4.79 Å². The summed E-state index contributed by atoms with van der Waals surface area (Å²) in [7, 11) is 4.26. The average Bonchev–Trinajstić information content (AvgIpc) is 2.38. The van der Waals surface area contributed by atoms with Crippen LogP contribution in [0.4, 0.5) is 0 Å². The Morgan fingerprint density at radius 1 is 1.20 bits per heavy atom. The SMILES string of the molecule is Cc1cccc(C)c1CC(=O)CC1CN(C)CCN1C. The van der Waals surface area contributed by atoms with Crippen LogP contribution in [0.2, 0.25) is 0 Å². The van der Waals surface area contributed by atoms with Crippen molar-refractivity contribution in [1.82, 2.24) is 9.80 Å². The van der Waals surface area contributed by atoms with E-state index in [0.717, 1.165) is 19.6 Å². The van der Waals surface area contributed by atoms with Crippen molar-refractivity contribution in [3.8, 4) is 0 Å². The quantitative estimate of drug-likeness (QED) is 0.839. The molecule has 1 aliphatic heterocycles. The summed E-state index contributed by atoms with van der Waals surface area (Å²) in [5, 5.41) is 0. The second kappa shape index (κ2) is 6.51. The maximum absolute atomic E-state index is 12.4. The molecule has 0 saturated carbocycles. The molecule has 0 amide bonds. The molecule has 3 heteroatoms. The molecule has 1 atom stereocenters. The van der Waals surface area contributed by atoms with Gasteiger partial charge in [0, 0.05) is 38.5 Å². The first-order valence-electron chi connectivity index (χ1n) is 7.43. The normalized spacial score (nSPS) is 21.1. The van der Waals surface area contributed by atoms with E-state index in [0.29, 0.717) is 24.7 Å². The van der Waals surface area contributed by atoms with Crippen molar-refractivity contribution in [1.29, 1.82) is 0 Å². The van der Waals surface area contributed by atoms with Crippen LogP contribution in [0, 0.1) is 13.8 Å². The van der Waals surface area contributed by atoms with Gasteiger partial charge in [0.2, 0.25) is 0 Å². The fourth-order valence-electron chi connectivity index (χ4n) is 2.98. The zero-order valence-electron chi connectivity index (χ0n) is 13.1. The van der Waals surface area contributed by atoms with Gasteiger partial charge in [-0.15, -0.1) is 0 Å². The highest BCUT2D eigenvalue weighted by Gasteiger charge is 2.24. The highest BCUT2D eigenvalue weighted by molar-refractivity contribution is 5.82. The Hall–Kier alpha value is -1.19. The highest BCUT2D eigenvalue weighted by atomic mass is 16.1. The number of carbonyl (C=O) groups is 1. The minimum absolute atomic E-state index is 0.356. The molecule has 1 aliphatic rings. The molecule has 20 heavy (non-hydrogen) atoms. The third kappa shape index (κ3) is 3.68. The van der Waals surface area contributed by atoms with Crippen LogP contribution in [-0.2, 0) is 11.2 Å². The maximum atomic E-state index is 12.4. The minimum atomic E-state index is 0.356. The zero-order chi connectivity index (χ0) is 14.7. The molecule has 1 unspecified atom stereocenters. The van der Waals surface area contributed by atoms with Gasteiger partial charge >= 0.3 is 0 Å². The highest BCUT2D eigenvalue weighted by Crippen LogP contribution is 2.17. The molecule has 0 spiro atoms. The standard InChI is InChI=1S/C17H26N2O/c1-13-6-5-7-14(2)17(13)11-16(20)10-15-12-18(3)8-9-19(15)4/h5-7,15H,8-12H2,1-4H3. The average molecular weight is 274 g/mol. The van der Waals surface area contributed by atoms with Crippen molar-refractivity contribution in [3.63, 3.8) is 0 Å². The van der Waals surface area contributed by atoms with Crippen LogP contribution in [0.15, 0.2) is 18.2 Å². The number of aryl methyl sites for hydroxylation is 2. The third-order valence-corrected chi connectivity index (χ3v) is 4.46. The van der Waals surface area contributed by atoms with E-state index in [1.54, 1.807) is 0 Å². The van der Waals surface area contributed by atoms with Crippen molar-refractivity contribution in [3.05, 3.63) is 34.9 Å². The zero-order valence-corrected chi connectivity index (χ0v) is 13.1. The summed E-state index contributed by atoms with van der Waals surface area (Å²) >= 11 is 0. The Kier molecular flexibility index (Phi) is 4.95. The lowest BCUT2D eigenvalue weighted by molar-refractivity contribution is -0.120. The predicted octanol–water partition coefficient (Wildman–Crippen LogP) is 2.05. The van der Waals surface area contributed by atoms with E-state index in [4.69, 9.17) is 0 Å². The Morgan fingerprint density at radius 2 is 1.85 bits per heavy atom. The summed E-state index contributed by atoms with van der Waals surface area (Å²) in [6.45, 7) is 7.33. The van der Waals surface area contributed by atoms with Gasteiger partial charge in [-0.25, -0.2) is 0 Å². The number of piperazine rings is 1. The third-order valence-electron chi connectivity index (χ3n) is 4.46. The van der Waals surface area contributed by atoms with Crippen molar-refractivity contribution >= 4 is 5.78 Å². The van der Waals surface area contributed by atoms with Gasteiger partial charge in [0.15, 0.2) is 0 Å². The van der Waals surface area contributed by atoms with Crippen LogP contribution in [0.1, 0.15) is 23.1 Å². The van der Waals surface area contributed by atoms with Crippen molar-refractivity contribution in [2.45, 2.75) is 32.7 Å².